The molecule has 106 valence electrons. The van der Waals surface area contributed by atoms with Gasteiger partial charge in [-0.3, -0.25) is 14.3 Å². The van der Waals surface area contributed by atoms with E-state index in [-0.39, 0.29) is 18.2 Å². The zero-order valence-corrected chi connectivity index (χ0v) is 11.6. The van der Waals surface area contributed by atoms with Crippen LogP contribution in [0.1, 0.15) is 42.4 Å². The third-order valence-electron chi connectivity index (χ3n) is 3.12. The fourth-order valence-electron chi connectivity index (χ4n) is 1.71. The Morgan fingerprint density at radius 3 is 2.68 bits per heavy atom. The number of aromatic nitrogens is 2. The molecule has 1 rings (SSSR count). The lowest BCUT2D eigenvalue weighted by Crippen LogP contribution is -2.26. The van der Waals surface area contributed by atoms with E-state index >= 15 is 0 Å². The van der Waals surface area contributed by atoms with Crippen LogP contribution in [0.4, 0.5) is 0 Å². The van der Waals surface area contributed by atoms with Gasteiger partial charge in [0.25, 0.3) is 5.91 Å². The minimum absolute atomic E-state index is 0.175. The highest BCUT2D eigenvalue weighted by molar-refractivity contribution is 5.92. The van der Waals surface area contributed by atoms with Gasteiger partial charge in [0.2, 0.25) is 0 Å². The molecule has 0 aliphatic heterocycles. The number of carboxylic acids is 1. The Balaban J connectivity index is 2.29. The SMILES string of the molecule is Cc1cc(C(=O)NCCC(C)CCC(=O)O)nn1C. The summed E-state index contributed by atoms with van der Waals surface area (Å²) in [5.74, 6) is -0.684. The minimum atomic E-state index is -0.778. The molecule has 1 aromatic heterocycles. The van der Waals surface area contributed by atoms with E-state index in [1.54, 1.807) is 17.8 Å². The van der Waals surface area contributed by atoms with Gasteiger partial charge in [0.05, 0.1) is 0 Å². The lowest BCUT2D eigenvalue weighted by Gasteiger charge is -2.10. The monoisotopic (exact) mass is 267 g/mol. The molecular weight excluding hydrogens is 246 g/mol. The molecular formula is C13H21N3O3. The Morgan fingerprint density at radius 1 is 1.47 bits per heavy atom. The van der Waals surface area contributed by atoms with Crippen LogP contribution in [0, 0.1) is 12.8 Å². The number of amides is 1. The summed E-state index contributed by atoms with van der Waals surface area (Å²) >= 11 is 0. The predicted molar refractivity (Wildman–Crippen MR) is 70.9 cm³/mol. The van der Waals surface area contributed by atoms with Crippen LogP contribution in [0.5, 0.6) is 0 Å². The second-order valence-corrected chi connectivity index (χ2v) is 4.88. The van der Waals surface area contributed by atoms with E-state index in [1.165, 1.54) is 0 Å². The highest BCUT2D eigenvalue weighted by Gasteiger charge is 2.11. The molecule has 0 aromatic carbocycles. The van der Waals surface area contributed by atoms with E-state index in [9.17, 15) is 9.59 Å². The maximum absolute atomic E-state index is 11.8. The first-order valence-corrected chi connectivity index (χ1v) is 6.40. The smallest absolute Gasteiger partial charge is 0.303 e. The molecule has 6 nitrogen and oxygen atoms in total. The van der Waals surface area contributed by atoms with Gasteiger partial charge in [0, 0.05) is 25.7 Å². The number of carbonyl (C=O) groups is 2. The van der Waals surface area contributed by atoms with Crippen molar-refractivity contribution in [3.05, 3.63) is 17.5 Å². The normalized spacial score (nSPS) is 12.2. The molecule has 0 fully saturated rings. The first-order valence-electron chi connectivity index (χ1n) is 6.40. The van der Waals surface area contributed by atoms with Gasteiger partial charge >= 0.3 is 5.97 Å². The molecule has 1 atom stereocenters. The van der Waals surface area contributed by atoms with Gasteiger partial charge in [-0.2, -0.15) is 5.10 Å². The molecule has 0 saturated carbocycles. The Bertz CT molecular complexity index is 434. The number of aliphatic carboxylic acids is 1. The van der Waals surface area contributed by atoms with Crippen molar-refractivity contribution in [2.75, 3.05) is 6.54 Å². The molecule has 1 heterocycles. The van der Waals surface area contributed by atoms with Crippen molar-refractivity contribution in [3.63, 3.8) is 0 Å². The zero-order chi connectivity index (χ0) is 14.4. The molecule has 0 aliphatic rings. The summed E-state index contributed by atoms with van der Waals surface area (Å²) < 4.78 is 1.66. The fraction of sp³-hybridized carbons (Fsp3) is 0.615. The van der Waals surface area contributed by atoms with E-state index in [1.807, 2.05) is 13.8 Å². The quantitative estimate of drug-likeness (QED) is 0.781. The maximum atomic E-state index is 11.8. The Morgan fingerprint density at radius 2 is 2.16 bits per heavy atom. The van der Waals surface area contributed by atoms with Crippen LogP contribution >= 0.6 is 0 Å². The second-order valence-electron chi connectivity index (χ2n) is 4.88. The van der Waals surface area contributed by atoms with Crippen molar-refractivity contribution in [3.8, 4) is 0 Å². The Labute approximate surface area is 112 Å². The number of hydrogen-bond acceptors (Lipinski definition) is 3. The number of rotatable bonds is 7. The summed E-state index contributed by atoms with van der Waals surface area (Å²) in [5, 5.41) is 15.5. The number of aryl methyl sites for hydroxylation is 2. The van der Waals surface area contributed by atoms with E-state index in [0.717, 1.165) is 12.1 Å². The third-order valence-corrected chi connectivity index (χ3v) is 3.12. The number of carboxylic acid groups (broad SMARTS) is 1. The number of nitrogens with one attached hydrogen (secondary N) is 1. The second kappa shape index (κ2) is 6.92. The summed E-state index contributed by atoms with van der Waals surface area (Å²) in [4.78, 5) is 22.2. The molecule has 1 aromatic rings. The maximum Gasteiger partial charge on any atom is 0.303 e. The predicted octanol–water partition coefficient (Wildman–Crippen LogP) is 1.35. The molecule has 6 heteroatoms. The minimum Gasteiger partial charge on any atom is -0.481 e. The first-order chi connectivity index (χ1) is 8.90. The van der Waals surface area contributed by atoms with Crippen LogP contribution in [-0.4, -0.2) is 33.3 Å². The highest BCUT2D eigenvalue weighted by atomic mass is 16.4. The summed E-state index contributed by atoms with van der Waals surface area (Å²) in [6.45, 7) is 4.41. The lowest BCUT2D eigenvalue weighted by atomic mass is 10.0. The van der Waals surface area contributed by atoms with Crippen molar-refractivity contribution in [1.82, 2.24) is 15.1 Å². The van der Waals surface area contributed by atoms with Gasteiger partial charge in [0.15, 0.2) is 0 Å². The number of nitrogens with zero attached hydrogens (tertiary/aromatic N) is 2. The van der Waals surface area contributed by atoms with Crippen LogP contribution in [-0.2, 0) is 11.8 Å². The van der Waals surface area contributed by atoms with Crippen molar-refractivity contribution in [2.24, 2.45) is 13.0 Å². The zero-order valence-electron chi connectivity index (χ0n) is 11.6. The molecule has 0 spiro atoms. The molecule has 0 aliphatic carbocycles. The fourth-order valence-corrected chi connectivity index (χ4v) is 1.71. The van der Waals surface area contributed by atoms with Crippen LogP contribution in [0.3, 0.4) is 0 Å². The number of carbonyl (C=O) groups excluding carboxylic acids is 1. The standard InChI is InChI=1S/C13H21N3O3/c1-9(4-5-12(17)18)6-7-14-13(19)11-8-10(2)16(3)15-11/h8-9H,4-7H2,1-3H3,(H,14,19)(H,17,18). The molecule has 1 amide bonds. The molecule has 0 saturated heterocycles. The summed E-state index contributed by atoms with van der Waals surface area (Å²) in [6.07, 6.45) is 1.58. The van der Waals surface area contributed by atoms with Gasteiger partial charge in [-0.05, 0) is 31.7 Å². The molecule has 2 N–H and O–H groups in total. The van der Waals surface area contributed by atoms with Gasteiger partial charge in [-0.15, -0.1) is 0 Å². The lowest BCUT2D eigenvalue weighted by molar-refractivity contribution is -0.137. The summed E-state index contributed by atoms with van der Waals surface area (Å²) in [7, 11) is 1.79. The van der Waals surface area contributed by atoms with Gasteiger partial charge in [-0.1, -0.05) is 6.92 Å². The van der Waals surface area contributed by atoms with Crippen molar-refractivity contribution in [2.45, 2.75) is 33.1 Å². The van der Waals surface area contributed by atoms with Gasteiger partial charge in [0.1, 0.15) is 5.69 Å². The number of hydrogen-bond donors (Lipinski definition) is 2. The van der Waals surface area contributed by atoms with E-state index in [0.29, 0.717) is 18.7 Å². The van der Waals surface area contributed by atoms with Gasteiger partial charge in [-0.25, -0.2) is 0 Å². The van der Waals surface area contributed by atoms with E-state index < -0.39 is 5.97 Å². The Hall–Kier alpha value is -1.85. The molecule has 0 radical (unpaired) electrons. The average molecular weight is 267 g/mol. The van der Waals surface area contributed by atoms with Gasteiger partial charge < -0.3 is 10.4 Å². The summed E-state index contributed by atoms with van der Waals surface area (Å²) in [5.41, 5.74) is 1.35. The topological polar surface area (TPSA) is 84.2 Å². The van der Waals surface area contributed by atoms with Crippen molar-refractivity contribution in [1.29, 1.82) is 0 Å². The largest absolute Gasteiger partial charge is 0.481 e. The van der Waals surface area contributed by atoms with E-state index in [2.05, 4.69) is 10.4 Å². The Kier molecular flexibility index (Phi) is 5.54. The van der Waals surface area contributed by atoms with E-state index in [4.69, 9.17) is 5.11 Å². The highest BCUT2D eigenvalue weighted by Crippen LogP contribution is 2.09. The van der Waals surface area contributed by atoms with Crippen LogP contribution in [0.25, 0.3) is 0 Å². The molecule has 0 bridgehead atoms. The van der Waals surface area contributed by atoms with Crippen LogP contribution in [0.2, 0.25) is 0 Å². The van der Waals surface area contributed by atoms with Crippen LogP contribution < -0.4 is 5.32 Å². The van der Waals surface area contributed by atoms with Crippen LogP contribution in [0.15, 0.2) is 6.07 Å². The molecule has 1 unspecified atom stereocenters. The third kappa shape index (κ3) is 5.11. The average Bonchev–Trinajstić information content (AvgIpc) is 2.67. The first kappa shape index (κ1) is 15.2. The molecule has 19 heavy (non-hydrogen) atoms. The van der Waals surface area contributed by atoms with Crippen molar-refractivity contribution >= 4 is 11.9 Å². The van der Waals surface area contributed by atoms with Crippen molar-refractivity contribution < 1.29 is 14.7 Å². The summed E-state index contributed by atoms with van der Waals surface area (Å²) in [6, 6.07) is 1.74.